The number of aromatic hydroxyl groups is 1. The monoisotopic (exact) mass is 1500 g/mol. The molecule has 0 radical (unpaired) electrons. The number of β-lactam (4-membered cyclic amide) rings is 3. The molecule has 6 amide bonds. The quantitative estimate of drug-likeness (QED) is 0.00528. The number of aliphatic hydroxyl groups excluding tert-OH is 1. The largest absolute Gasteiger partial charge is 0.543 e. The van der Waals surface area contributed by atoms with Crippen molar-refractivity contribution in [2.24, 2.45) is 12.2 Å². The highest BCUT2D eigenvalue weighted by atomic mass is 32.2. The number of likely N-dealkylation sites (N-methyl/N-ethyl adjacent to an activating group) is 1. The van der Waals surface area contributed by atoms with Gasteiger partial charge in [0, 0.05) is 62.3 Å². The highest BCUT2D eigenvalue weighted by molar-refractivity contribution is 8.00. The van der Waals surface area contributed by atoms with E-state index in [2.05, 4.69) is 64.2 Å². The number of alkyl halides is 2. The molecule has 0 bridgehead atoms. The fraction of sp³-hybridized carbons (Fsp3) is 0.481. The number of tetrazole rings is 2. The number of phenols is 1. The van der Waals surface area contributed by atoms with Crippen LogP contribution in [0.1, 0.15) is 30.0 Å². The Labute approximate surface area is 583 Å². The molecule has 7 aliphatic rings. The van der Waals surface area contributed by atoms with Crippen LogP contribution in [0, 0.1) is 0 Å². The molecular weight excluding hydrogens is 1440 g/mol. The van der Waals surface area contributed by atoms with Crippen LogP contribution in [0.2, 0.25) is 0 Å². The van der Waals surface area contributed by atoms with E-state index in [1.807, 2.05) is 0 Å². The number of nitrogen functional groups attached to an aromatic ring is 1. The minimum atomic E-state index is -2.78. The van der Waals surface area contributed by atoms with Crippen LogP contribution < -0.4 is 26.8 Å². The number of aryl methyl sites for hydroxylation is 1. The van der Waals surface area contributed by atoms with Gasteiger partial charge < -0.3 is 85.4 Å². The summed E-state index contributed by atoms with van der Waals surface area (Å²) in [4.78, 5) is 136. The van der Waals surface area contributed by atoms with Crippen molar-refractivity contribution in [1.82, 2.24) is 76.0 Å². The Balaban J connectivity index is 0.000000175. The number of likely N-dealkylation sites (tertiary alicyclic amines) is 1. The van der Waals surface area contributed by atoms with Gasteiger partial charge in [-0.2, -0.15) is 8.78 Å². The number of ether oxygens (including phenoxy) is 4. The minimum absolute atomic E-state index is 0.0425. The fourth-order valence-electron chi connectivity index (χ4n) is 11.4. The Morgan fingerprint density at radius 1 is 0.850 bits per heavy atom. The van der Waals surface area contributed by atoms with Gasteiger partial charge >= 0.3 is 17.9 Å². The highest BCUT2D eigenvalue weighted by Gasteiger charge is 2.69. The van der Waals surface area contributed by atoms with E-state index < -0.39 is 112 Å². The number of methoxy groups -OCH3 is 2. The van der Waals surface area contributed by atoms with Crippen molar-refractivity contribution < 1.29 is 116 Å². The minimum Gasteiger partial charge on any atom is -0.543 e. The molecule has 7 aliphatic heterocycles. The number of anilines is 1. The molecule has 4 aromatic rings. The van der Waals surface area contributed by atoms with Crippen molar-refractivity contribution >= 4 is 129 Å². The van der Waals surface area contributed by atoms with Crippen LogP contribution in [-0.4, -0.2) is 287 Å². The van der Waals surface area contributed by atoms with Crippen molar-refractivity contribution in [2.45, 2.75) is 76.7 Å². The van der Waals surface area contributed by atoms with Crippen molar-refractivity contribution in [3.05, 3.63) is 74.7 Å². The number of aliphatic carboxylic acids is 4. The van der Waals surface area contributed by atoms with E-state index in [4.69, 9.17) is 34.6 Å². The normalized spacial score (nSPS) is 23.1. The molecule has 0 spiro atoms. The summed E-state index contributed by atoms with van der Waals surface area (Å²) < 4.78 is 49.9. The number of thiazole rings is 1. The predicted octanol–water partition coefficient (Wildman–Crippen LogP) is -3.70. The summed E-state index contributed by atoms with van der Waals surface area (Å²) in [5, 5.41) is 94.5. The number of aromatic nitrogens is 9. The number of carbonyl (C=O) groups excluding carboxylic acids is 7. The van der Waals surface area contributed by atoms with Gasteiger partial charge in [-0.3, -0.25) is 48.3 Å². The molecule has 10 heterocycles. The van der Waals surface area contributed by atoms with Gasteiger partial charge in [0.25, 0.3) is 40.8 Å². The van der Waals surface area contributed by atoms with Gasteiger partial charge in [0.15, 0.2) is 29.2 Å². The molecule has 4 saturated heterocycles. The van der Waals surface area contributed by atoms with E-state index >= 15 is 0 Å². The number of nitrogens with one attached hydrogen (secondary N) is 3. The number of halogens is 2. The van der Waals surface area contributed by atoms with Gasteiger partial charge in [0.05, 0.1) is 63.9 Å². The van der Waals surface area contributed by atoms with Crippen molar-refractivity contribution in [2.75, 3.05) is 96.6 Å². The number of nitrogens with zero attached hydrogens (tertiary/aromatic N) is 14. The third kappa shape index (κ3) is 15.3. The number of fused-ring (bicyclic) bond motifs is 3. The lowest BCUT2D eigenvalue weighted by molar-refractivity contribution is -0.893. The molecule has 7 atom stereocenters. The zero-order chi connectivity index (χ0) is 72.7. The molecule has 39 nitrogen and oxygen atoms in total. The lowest BCUT2D eigenvalue weighted by Crippen LogP contribution is -2.82. The van der Waals surface area contributed by atoms with E-state index in [-0.39, 0.29) is 106 Å². The van der Waals surface area contributed by atoms with Gasteiger partial charge in [0.1, 0.15) is 47.9 Å². The molecule has 10 N–H and O–H groups in total. The maximum Gasteiger partial charge on any atom is 0.352 e. The number of hydrogen-bond acceptors (Lipinski definition) is 32. The number of hydrogen-bond donors (Lipinski definition) is 9. The van der Waals surface area contributed by atoms with E-state index in [9.17, 15) is 82.3 Å². The number of benzene rings is 1. The number of carbonyl (C=O) groups is 10. The van der Waals surface area contributed by atoms with E-state index in [0.717, 1.165) is 89.3 Å². The lowest BCUT2D eigenvalue weighted by atomic mass is 9.92. The molecule has 538 valence electrons. The lowest BCUT2D eigenvalue weighted by Gasteiger charge is -2.55. The summed E-state index contributed by atoms with van der Waals surface area (Å²) >= 11 is 4.85. The summed E-state index contributed by atoms with van der Waals surface area (Å²) in [5.41, 5.74) is 2.09. The fourth-order valence-corrected chi connectivity index (χ4v) is 15.4. The van der Waals surface area contributed by atoms with Crippen LogP contribution in [0.3, 0.4) is 0 Å². The Bertz CT molecular complexity index is 4000. The maximum absolute atomic E-state index is 13.2. The Morgan fingerprint density at radius 3 is 1.94 bits per heavy atom. The summed E-state index contributed by atoms with van der Waals surface area (Å²) in [5.74, 6) is -15.3. The van der Waals surface area contributed by atoms with Gasteiger partial charge in [-0.1, -0.05) is 52.6 Å². The second-order valence-corrected chi connectivity index (χ2v) is 27.2. The molecule has 0 saturated carbocycles. The number of rotatable bonds is 27. The second-order valence-electron chi connectivity index (χ2n) is 22.3. The van der Waals surface area contributed by atoms with Crippen LogP contribution >= 0.6 is 58.4 Å². The number of thioether (sulfide) groups is 4. The smallest absolute Gasteiger partial charge is 0.352 e. The third-order valence-corrected chi connectivity index (χ3v) is 20.9. The number of nitrogens with two attached hydrogens (primary N) is 1. The van der Waals surface area contributed by atoms with Crippen molar-refractivity contribution in [1.29, 1.82) is 0 Å². The zero-order valence-corrected chi connectivity index (χ0v) is 57.0. The maximum atomic E-state index is 13.2. The van der Waals surface area contributed by atoms with E-state index in [1.54, 1.807) is 12.4 Å². The van der Waals surface area contributed by atoms with Gasteiger partial charge in [-0.05, 0) is 49.7 Å². The Kier molecular flexibility index (Phi) is 23.8. The predicted molar refractivity (Wildman–Crippen MR) is 338 cm³/mol. The number of carboxylic acids is 4. The van der Waals surface area contributed by atoms with Crippen molar-refractivity contribution in [3.8, 4) is 5.75 Å². The topological polar surface area (TPSA) is 525 Å². The number of carboxylic acid groups (broad SMARTS) is 4. The average Bonchev–Trinajstić information content (AvgIpc) is 0.815. The van der Waals surface area contributed by atoms with Gasteiger partial charge in [0.2, 0.25) is 22.1 Å². The molecule has 1 aromatic carbocycles. The number of oxime groups is 1. The van der Waals surface area contributed by atoms with Crippen LogP contribution in [0.25, 0.3) is 0 Å². The van der Waals surface area contributed by atoms with Crippen LogP contribution in [0.5, 0.6) is 5.75 Å². The standard InChI is InChI=1S/C20H20N6O9S.C19H24N6O5S2.C15H18F2N6O7S2/c1-25-19(22-23-24-25)36-8-10-7-35-18-20(34-2,17(33)26(18)13(10)16(31)32)21-14(28)12(15(29)30)9-3-5-11(27)6-4-9;1-25(5-3-4-6-25)7-10-8-31-17-13(16(27)24(17)14(10)18(28)29)22-15(26)12(23-30-2)11-9-32-19(20)21-11;1-29-15(18-8(25)6-31-13(16)17)11(28)23-9(10(26)27)7(4-30-12(15)23)5-32-14-19-20-21-22(14)2-3-24/h3-6,12,18,27H,7-8H2,1-2H3,(H,21,28)(H,29,30)(H,31,32);9,13,17H,3-8H2,1-2H3,(H3-,20,21,22,26,28,29);12-13,24H,2-6H2,1H3,(H,18,25)(H,26,27)/b;23-12-;/t12?,18-,20+;13-,17-;12-,15+/m111/s1. The van der Waals surface area contributed by atoms with Gasteiger partial charge in [-0.15, -0.1) is 33.3 Å². The molecule has 46 heteroatoms. The second kappa shape index (κ2) is 31.7. The number of phenolic OH excluding ortho intramolecular Hbond substituents is 1. The first kappa shape index (κ1) is 75.2. The molecule has 0 aliphatic carbocycles. The average molecular weight is 1500 g/mol. The first-order valence-corrected chi connectivity index (χ1v) is 34.2. The molecular formula is C54H62F2N18O21S5. The van der Waals surface area contributed by atoms with Crippen LogP contribution in [0.15, 0.2) is 78.9 Å². The molecule has 3 aromatic heterocycles. The van der Waals surface area contributed by atoms with Gasteiger partial charge in [-0.25, -0.2) is 23.9 Å². The first-order valence-electron chi connectivity index (χ1n) is 29.2. The molecule has 4 fully saturated rings. The summed E-state index contributed by atoms with van der Waals surface area (Å²) in [6, 6.07) is 4.04. The van der Waals surface area contributed by atoms with Crippen LogP contribution in [0.4, 0.5) is 13.9 Å². The molecule has 11 rings (SSSR count). The highest BCUT2D eigenvalue weighted by Crippen LogP contribution is 2.45. The Morgan fingerprint density at radius 2 is 1.43 bits per heavy atom. The van der Waals surface area contributed by atoms with E-state index in [0.29, 0.717) is 28.2 Å². The SMILES string of the molecule is CO/N=C(\C(=O)N[C@@H]1C(=O)N2C(C(=O)[O-])=C(C[N+]3(C)CCCC3)CS[C@H]12)c1csc(N)n1.CO[C@@]1(NC(=O)C(C(=O)O)c2ccc(O)cc2)C(=O)N2C(C(=O)O)=C(CSc3nnnn3C)CO[C@@H]21.CO[C@@]1(NC(=O)CSC(F)F)C(=O)N2C(C(=O)O)=C(CSc3nnnn3CCO)CO[C@@H]21. The van der Waals surface area contributed by atoms with Crippen LogP contribution in [-0.2, 0) is 85.3 Å². The summed E-state index contributed by atoms with van der Waals surface area (Å²) in [7, 11) is 7.21. The molecule has 100 heavy (non-hydrogen) atoms. The molecule has 1 unspecified atom stereocenters. The summed E-state index contributed by atoms with van der Waals surface area (Å²) in [6.45, 7) is 2.05. The number of amides is 6. The zero-order valence-electron chi connectivity index (χ0n) is 52.9. The first-order chi connectivity index (χ1) is 47.6. The summed E-state index contributed by atoms with van der Waals surface area (Å²) in [6.07, 6.45) is -0.440. The van der Waals surface area contributed by atoms with E-state index in [1.165, 1.54) is 57.4 Å². The third-order valence-electron chi connectivity index (χ3n) is 16.0. The Hall–Kier alpha value is -9.00. The van der Waals surface area contributed by atoms with Crippen molar-refractivity contribution in [3.63, 3.8) is 0 Å². The number of aliphatic hydroxyl groups is 1. The number of quaternary nitrogens is 1.